The summed E-state index contributed by atoms with van der Waals surface area (Å²) in [6.07, 6.45) is 6.63. The average Bonchev–Trinajstić information content (AvgIpc) is 2.38. The zero-order chi connectivity index (χ0) is 14.3. The molecule has 2 N–H and O–H groups in total. The Kier molecular flexibility index (Phi) is 6.05. The van der Waals surface area contributed by atoms with E-state index in [-0.39, 0.29) is 0 Å². The van der Waals surface area contributed by atoms with Crippen molar-refractivity contribution >= 4 is 5.71 Å². The van der Waals surface area contributed by atoms with Crippen molar-refractivity contribution in [1.29, 1.82) is 0 Å². The van der Waals surface area contributed by atoms with Gasteiger partial charge in [0.05, 0.1) is 19.6 Å². The molecule has 0 bridgehead atoms. The minimum absolute atomic E-state index is 0.708. The van der Waals surface area contributed by atoms with Gasteiger partial charge in [0.2, 0.25) is 0 Å². The zero-order valence-corrected chi connectivity index (χ0v) is 11.4. The van der Waals surface area contributed by atoms with E-state index in [2.05, 4.69) is 15.8 Å². The van der Waals surface area contributed by atoms with Crippen molar-refractivity contribution in [3.63, 3.8) is 0 Å². The van der Waals surface area contributed by atoms with Crippen LogP contribution in [-0.2, 0) is 26.0 Å². The first-order valence-corrected chi connectivity index (χ1v) is 7.70. The fourth-order valence-electron chi connectivity index (χ4n) is 1.66. The van der Waals surface area contributed by atoms with Crippen LogP contribution in [0.15, 0.2) is 23.9 Å². The molecule has 0 radical (unpaired) electrons. The minimum atomic E-state index is -5.25. The molecule has 1 aliphatic carbocycles. The summed E-state index contributed by atoms with van der Waals surface area (Å²) in [5, 5.41) is 0. The molecule has 2 aliphatic rings. The summed E-state index contributed by atoms with van der Waals surface area (Å²) < 4.78 is 37.2. The van der Waals surface area contributed by atoms with Crippen LogP contribution in [0.3, 0.4) is 0 Å². The van der Waals surface area contributed by atoms with Gasteiger partial charge >= 0.3 is 29.5 Å². The molecule has 0 unspecified atom stereocenters. The monoisotopic (exact) mass is 309 g/mol. The van der Waals surface area contributed by atoms with Gasteiger partial charge in [0, 0.05) is 24.9 Å². The molecule has 1 fully saturated rings. The normalized spacial score (nSPS) is 19.2. The number of allylic oxidation sites excluding steroid dienone is 3. The zero-order valence-electron chi connectivity index (χ0n) is 10.1. The Labute approximate surface area is 112 Å². The predicted octanol–water partition coefficient (Wildman–Crippen LogP) is -0.521. The van der Waals surface area contributed by atoms with Crippen LogP contribution >= 0.6 is 0 Å². The molecule has 1 saturated heterocycles. The van der Waals surface area contributed by atoms with Crippen molar-refractivity contribution in [3.05, 3.63) is 29.5 Å². The summed E-state index contributed by atoms with van der Waals surface area (Å²) in [6, 6.07) is 0. The molecule has 0 aromatic carbocycles. The molecular formula is C10H15CrN3O5. The third-order valence-electron chi connectivity index (χ3n) is 2.47. The van der Waals surface area contributed by atoms with Crippen molar-refractivity contribution in [2.24, 2.45) is 0 Å². The van der Waals surface area contributed by atoms with Crippen molar-refractivity contribution in [3.8, 4) is 0 Å². The third kappa shape index (κ3) is 6.98. The molecule has 106 valence electrons. The van der Waals surface area contributed by atoms with Gasteiger partial charge in [-0.05, 0) is 12.2 Å². The van der Waals surface area contributed by atoms with Gasteiger partial charge in [-0.15, -0.1) is 0 Å². The Morgan fingerprint density at radius 1 is 1.26 bits per heavy atom. The van der Waals surface area contributed by atoms with Gasteiger partial charge in [0.15, 0.2) is 0 Å². The first-order chi connectivity index (χ1) is 8.90. The van der Waals surface area contributed by atoms with Crippen LogP contribution in [0.1, 0.15) is 6.42 Å². The second-order valence-electron chi connectivity index (χ2n) is 3.81. The van der Waals surface area contributed by atoms with Gasteiger partial charge in [-0.3, -0.25) is 0 Å². The van der Waals surface area contributed by atoms with Crippen LogP contribution in [0.4, 0.5) is 0 Å². The van der Waals surface area contributed by atoms with Crippen LogP contribution < -0.4 is 0 Å². The van der Waals surface area contributed by atoms with Gasteiger partial charge < -0.3 is 15.2 Å². The summed E-state index contributed by atoms with van der Waals surface area (Å²) in [4.78, 5) is 5.46. The van der Waals surface area contributed by atoms with Crippen LogP contribution in [-0.4, -0.2) is 50.0 Å². The molecule has 0 saturated carbocycles. The second-order valence-corrected chi connectivity index (χ2v) is 5.20. The van der Waals surface area contributed by atoms with Crippen LogP contribution in [0, 0.1) is 0 Å². The number of hydrogen-bond acceptors (Lipinski definition) is 4. The van der Waals surface area contributed by atoms with Crippen LogP contribution in [0.5, 0.6) is 0 Å². The first kappa shape index (κ1) is 15.7. The van der Waals surface area contributed by atoms with Gasteiger partial charge in [-0.25, -0.2) is 0 Å². The second kappa shape index (κ2) is 7.31. The van der Waals surface area contributed by atoms with Gasteiger partial charge in [-0.1, -0.05) is 0 Å². The number of hydrogen-bond donors (Lipinski definition) is 2. The van der Waals surface area contributed by atoms with E-state index < -0.39 is 13.6 Å². The van der Waals surface area contributed by atoms with Crippen molar-refractivity contribution < 1.29 is 39.1 Å². The predicted molar refractivity (Wildman–Crippen MR) is 58.7 cm³/mol. The molecule has 19 heavy (non-hydrogen) atoms. The fourth-order valence-corrected chi connectivity index (χ4v) is 1.66. The Morgan fingerprint density at radius 3 is 2.26 bits per heavy atom. The topological polar surface area (TPSA) is 123 Å². The molecule has 0 aromatic heterocycles. The van der Waals surface area contributed by atoms with Gasteiger partial charge in [0.25, 0.3) is 5.71 Å². The number of morpholine rings is 1. The number of nitrogens with zero attached hydrogens (tertiary/aromatic N) is 3. The summed E-state index contributed by atoms with van der Waals surface area (Å²) >= 11 is -5.25. The van der Waals surface area contributed by atoms with E-state index in [0.717, 1.165) is 26.3 Å². The quantitative estimate of drug-likeness (QED) is 0.496. The van der Waals surface area contributed by atoms with Gasteiger partial charge in [-0.2, -0.15) is 4.79 Å². The van der Waals surface area contributed by atoms with E-state index in [1.54, 1.807) is 0 Å². The Hall–Kier alpha value is -1.33. The summed E-state index contributed by atoms with van der Waals surface area (Å²) in [5.74, 6) is 0. The average molecular weight is 309 g/mol. The summed E-state index contributed by atoms with van der Waals surface area (Å²) in [5.41, 5.74) is 10.5. The Morgan fingerprint density at radius 2 is 1.84 bits per heavy atom. The van der Waals surface area contributed by atoms with E-state index >= 15 is 0 Å². The third-order valence-corrected chi connectivity index (χ3v) is 2.47. The van der Waals surface area contributed by atoms with E-state index in [9.17, 15) is 0 Å². The molecule has 0 atom stereocenters. The molecule has 8 nitrogen and oxygen atoms in total. The van der Waals surface area contributed by atoms with E-state index in [1.807, 2.05) is 12.2 Å². The molecule has 2 rings (SSSR count). The molecule has 9 heteroatoms. The molecular weight excluding hydrogens is 294 g/mol. The van der Waals surface area contributed by atoms with E-state index in [4.69, 9.17) is 26.2 Å². The summed E-state index contributed by atoms with van der Waals surface area (Å²) in [7, 11) is 0. The number of ether oxygens (including phenoxy) is 1. The molecule has 0 spiro atoms. The maximum absolute atomic E-state index is 8.82. The fraction of sp³-hybridized carbons (Fsp3) is 0.500. The van der Waals surface area contributed by atoms with E-state index in [1.165, 1.54) is 5.70 Å². The molecule has 1 aliphatic heterocycles. The van der Waals surface area contributed by atoms with Crippen molar-refractivity contribution in [1.82, 2.24) is 4.90 Å². The molecule has 0 amide bonds. The van der Waals surface area contributed by atoms with Crippen LogP contribution in [0.25, 0.3) is 5.53 Å². The van der Waals surface area contributed by atoms with E-state index in [0.29, 0.717) is 12.1 Å². The standard InChI is InChI=1S/C10H13N3O.Cr.2H2O.2O/c11-12-9-1-3-10(4-2-9)13-5-7-14-8-6-13;;;;;/h1,3-4H,2,5-8H2;;2*1H2;;/q;+2;;;;/p-2. The molecule has 0 aromatic rings. The molecule has 1 heterocycles. The van der Waals surface area contributed by atoms with Crippen molar-refractivity contribution in [2.45, 2.75) is 6.42 Å². The first-order valence-electron chi connectivity index (χ1n) is 5.52. The maximum atomic E-state index is 8.82. The SMILES string of the molecule is [N-]=[N+]=C1C=CC(N2CCOCC2)=CC1.[O]=[Cr](=[O])([OH])[OH]. The van der Waals surface area contributed by atoms with Gasteiger partial charge in [0.1, 0.15) is 0 Å². The van der Waals surface area contributed by atoms with Crippen LogP contribution in [0.2, 0.25) is 0 Å². The summed E-state index contributed by atoms with van der Waals surface area (Å²) in [6.45, 7) is 3.49. The van der Waals surface area contributed by atoms with Crippen molar-refractivity contribution in [2.75, 3.05) is 26.3 Å². The number of rotatable bonds is 1. The Bertz CT molecular complexity index is 505. The Balaban J connectivity index is 0.000000312.